The Morgan fingerprint density at radius 3 is 2.62 bits per heavy atom. The molecule has 1 N–H and O–H groups in total. The van der Waals surface area contributed by atoms with Crippen LogP contribution in [0.5, 0.6) is 0 Å². The molecular weight excluding hydrogens is 421 g/mol. The van der Waals surface area contributed by atoms with Gasteiger partial charge in [-0.2, -0.15) is 0 Å². The fourth-order valence-electron chi connectivity index (χ4n) is 5.41. The molecule has 0 amide bonds. The number of fused-ring (bicyclic) bond motifs is 5. The van der Waals surface area contributed by atoms with Gasteiger partial charge < -0.3 is 5.32 Å². The van der Waals surface area contributed by atoms with E-state index >= 15 is 0 Å². The largest absolute Gasteiger partial charge is 0.364 e. The van der Waals surface area contributed by atoms with E-state index in [9.17, 15) is 9.18 Å². The van der Waals surface area contributed by atoms with Crippen LogP contribution in [0.2, 0.25) is 0 Å². The first kappa shape index (κ1) is 20.6. The third-order valence-electron chi connectivity index (χ3n) is 7.07. The minimum atomic E-state index is -0.332. The van der Waals surface area contributed by atoms with Gasteiger partial charge in [-0.25, -0.2) is 4.39 Å². The summed E-state index contributed by atoms with van der Waals surface area (Å²) in [4.78, 5) is 13.6. The van der Waals surface area contributed by atoms with E-state index in [4.69, 9.17) is 0 Å². The number of rotatable bonds is 3. The Morgan fingerprint density at radius 2 is 1.74 bits per heavy atom. The summed E-state index contributed by atoms with van der Waals surface area (Å²) in [7, 11) is 0. The van der Waals surface area contributed by atoms with Crippen molar-refractivity contribution < 1.29 is 9.18 Å². The highest BCUT2D eigenvalue weighted by Gasteiger charge is 2.31. The Bertz CT molecular complexity index is 1510. The van der Waals surface area contributed by atoms with Gasteiger partial charge in [0.1, 0.15) is 5.82 Å². The summed E-state index contributed by atoms with van der Waals surface area (Å²) in [5.41, 5.74) is 6.66. The molecule has 0 fully saturated rings. The zero-order valence-electron chi connectivity index (χ0n) is 18.7. The number of carbonyl (C=O) groups excluding carboxylic acids is 1. The Morgan fingerprint density at radius 1 is 0.882 bits per heavy atom. The maximum absolute atomic E-state index is 13.6. The molecule has 3 aliphatic rings. The quantitative estimate of drug-likeness (QED) is 0.565. The fraction of sp³-hybridized carbons (Fsp3) is 0.129. The van der Waals surface area contributed by atoms with Gasteiger partial charge in [0.25, 0.3) is 0 Å². The molecule has 0 saturated heterocycles. The van der Waals surface area contributed by atoms with Gasteiger partial charge in [-0.15, -0.1) is 0 Å². The predicted molar refractivity (Wildman–Crippen MR) is 135 cm³/mol. The highest BCUT2D eigenvalue weighted by molar-refractivity contribution is 6.01. The average molecular weight is 446 g/mol. The lowest BCUT2D eigenvalue weighted by Crippen LogP contribution is -2.39. The molecule has 2 aliphatic carbocycles. The van der Waals surface area contributed by atoms with Gasteiger partial charge in [-0.1, -0.05) is 60.7 Å². The lowest BCUT2D eigenvalue weighted by molar-refractivity contribution is 0.0943. The van der Waals surface area contributed by atoms with Gasteiger partial charge in [0.05, 0.1) is 0 Å². The second-order valence-electron chi connectivity index (χ2n) is 9.04. The van der Waals surface area contributed by atoms with E-state index in [0.717, 1.165) is 17.3 Å². The number of Topliss-reactive ketones (excluding diaryl/α,β-unsaturated/α-hetero) is 1. The molecule has 2 unspecified atom stereocenters. The van der Waals surface area contributed by atoms with Gasteiger partial charge in [-0.3, -0.25) is 4.79 Å². The summed E-state index contributed by atoms with van der Waals surface area (Å²) in [6, 6.07) is 18.9. The third-order valence-corrected chi connectivity index (χ3v) is 7.07. The maximum atomic E-state index is 13.6. The molecule has 3 heteroatoms. The monoisotopic (exact) mass is 445 g/mol. The van der Waals surface area contributed by atoms with Crippen molar-refractivity contribution in [3.05, 3.63) is 130 Å². The molecular formula is C31H24FNO. The van der Waals surface area contributed by atoms with Crippen molar-refractivity contribution in [1.82, 2.24) is 5.32 Å². The van der Waals surface area contributed by atoms with Gasteiger partial charge in [0.15, 0.2) is 5.78 Å². The number of hydrogen-bond acceptors (Lipinski definition) is 2. The van der Waals surface area contributed by atoms with E-state index in [0.29, 0.717) is 12.0 Å². The zero-order chi connectivity index (χ0) is 23.1. The fourth-order valence-corrected chi connectivity index (χ4v) is 5.41. The first-order chi connectivity index (χ1) is 16.7. The Balaban J connectivity index is 1.54. The molecule has 3 aromatic rings. The second-order valence-corrected chi connectivity index (χ2v) is 9.04. The Hall–Kier alpha value is -3.98. The number of benzene rings is 3. The molecule has 0 aromatic heterocycles. The lowest BCUT2D eigenvalue weighted by Gasteiger charge is -2.30. The van der Waals surface area contributed by atoms with Crippen molar-refractivity contribution in [2.24, 2.45) is 5.92 Å². The van der Waals surface area contributed by atoms with Crippen LogP contribution in [0.4, 0.5) is 4.39 Å². The summed E-state index contributed by atoms with van der Waals surface area (Å²) < 4.78 is 13.5. The first-order valence-electron chi connectivity index (χ1n) is 11.7. The number of halogens is 1. The average Bonchev–Trinajstić information content (AvgIpc) is 3.17. The highest BCUT2D eigenvalue weighted by Crippen LogP contribution is 2.35. The van der Waals surface area contributed by atoms with Crippen LogP contribution in [-0.4, -0.2) is 5.78 Å². The predicted octanol–water partition coefficient (Wildman–Crippen LogP) is 5.15. The van der Waals surface area contributed by atoms with Crippen LogP contribution in [0.25, 0.3) is 23.3 Å². The van der Waals surface area contributed by atoms with Crippen molar-refractivity contribution in [3.63, 3.8) is 0 Å². The van der Waals surface area contributed by atoms with Crippen LogP contribution in [0, 0.1) is 11.7 Å². The number of ketones is 1. The number of nitrogens with one attached hydrogen (secondary N) is 1. The van der Waals surface area contributed by atoms with Crippen LogP contribution >= 0.6 is 0 Å². The van der Waals surface area contributed by atoms with Crippen molar-refractivity contribution in [3.8, 4) is 11.1 Å². The Kier molecular flexibility index (Phi) is 5.10. The first-order valence-corrected chi connectivity index (χ1v) is 11.7. The van der Waals surface area contributed by atoms with Crippen LogP contribution in [0.3, 0.4) is 0 Å². The highest BCUT2D eigenvalue weighted by atomic mass is 19.1. The molecule has 6 rings (SSSR count). The van der Waals surface area contributed by atoms with Crippen molar-refractivity contribution in [2.75, 3.05) is 0 Å². The molecule has 166 valence electrons. The van der Waals surface area contributed by atoms with Gasteiger partial charge in [0, 0.05) is 29.3 Å². The molecule has 0 bridgehead atoms. The second kappa shape index (κ2) is 8.42. The summed E-state index contributed by atoms with van der Waals surface area (Å²) >= 11 is 0. The van der Waals surface area contributed by atoms with Crippen molar-refractivity contribution in [2.45, 2.75) is 18.8 Å². The molecule has 0 spiro atoms. The number of hydrogen-bond donors (Lipinski definition) is 1. The molecule has 0 radical (unpaired) electrons. The maximum Gasteiger partial charge on any atom is 0.169 e. The van der Waals surface area contributed by atoms with E-state index in [2.05, 4.69) is 59.9 Å². The molecule has 1 aliphatic heterocycles. The molecule has 0 saturated carbocycles. The van der Waals surface area contributed by atoms with E-state index in [-0.39, 0.29) is 23.4 Å². The van der Waals surface area contributed by atoms with E-state index < -0.39 is 0 Å². The number of allylic oxidation sites excluding steroid dienone is 5. The number of carbonyl (C=O) groups is 1. The summed E-state index contributed by atoms with van der Waals surface area (Å²) in [6.07, 6.45) is 16.0. The SMILES string of the molecule is O=C(c1ccc(F)cc1)C1C=c2c(ccc3c2=CCc2ccccc2-3)C(C2=CC=CC=CN2)C1. The summed E-state index contributed by atoms with van der Waals surface area (Å²) in [6.45, 7) is 0. The van der Waals surface area contributed by atoms with Crippen molar-refractivity contribution >= 4 is 17.9 Å². The third kappa shape index (κ3) is 3.54. The zero-order valence-corrected chi connectivity index (χ0v) is 18.7. The minimum Gasteiger partial charge on any atom is -0.364 e. The van der Waals surface area contributed by atoms with Gasteiger partial charge in [0.2, 0.25) is 0 Å². The summed E-state index contributed by atoms with van der Waals surface area (Å²) in [5, 5.41) is 5.78. The van der Waals surface area contributed by atoms with Crippen molar-refractivity contribution in [1.29, 1.82) is 0 Å². The summed E-state index contributed by atoms with van der Waals surface area (Å²) in [5.74, 6) is -0.539. The van der Waals surface area contributed by atoms with Crippen LogP contribution in [0.15, 0.2) is 96.9 Å². The Labute approximate surface area is 198 Å². The normalized spacial score (nSPS) is 19.9. The molecule has 34 heavy (non-hydrogen) atoms. The lowest BCUT2D eigenvalue weighted by atomic mass is 9.75. The smallest absolute Gasteiger partial charge is 0.169 e. The van der Waals surface area contributed by atoms with Crippen LogP contribution in [0.1, 0.15) is 33.8 Å². The van der Waals surface area contributed by atoms with E-state index in [1.165, 1.54) is 39.6 Å². The van der Waals surface area contributed by atoms with Gasteiger partial charge in [-0.05, 0) is 82.0 Å². The van der Waals surface area contributed by atoms with Gasteiger partial charge >= 0.3 is 0 Å². The molecule has 2 nitrogen and oxygen atoms in total. The minimum absolute atomic E-state index is 0.0322. The molecule has 3 aromatic carbocycles. The standard InChI is InChI=1S/C31H24FNO/c32-23-12-9-21(10-13-23)31(34)22-18-28-26-14-11-20-6-3-4-7-24(20)25(26)15-16-27(28)29(19-22)30-8-2-1-5-17-33-30/h1-10,12-18,22,29,33H,11,19H2. The molecule has 2 atom stereocenters. The van der Waals surface area contributed by atoms with E-state index in [1.54, 1.807) is 12.1 Å². The van der Waals surface area contributed by atoms with E-state index in [1.807, 2.05) is 24.4 Å². The van der Waals surface area contributed by atoms with Crippen LogP contribution in [-0.2, 0) is 6.42 Å². The molecule has 1 heterocycles. The van der Waals surface area contributed by atoms with Crippen LogP contribution < -0.4 is 15.8 Å². The topological polar surface area (TPSA) is 29.1 Å².